The molecule has 0 saturated carbocycles. The Morgan fingerprint density at radius 2 is 2.04 bits per heavy atom. The van der Waals surface area contributed by atoms with E-state index in [-0.39, 0.29) is 6.04 Å². The highest BCUT2D eigenvalue weighted by atomic mass is 35.5. The zero-order chi connectivity index (χ0) is 16.0. The molecule has 1 atom stereocenters. The van der Waals surface area contributed by atoms with E-state index in [0.717, 1.165) is 34.3 Å². The maximum absolute atomic E-state index is 6.39. The Labute approximate surface area is 143 Å². The van der Waals surface area contributed by atoms with Gasteiger partial charge in [-0.1, -0.05) is 47.5 Å². The minimum atomic E-state index is 0.154. The molecule has 2 heterocycles. The second-order valence-corrected chi connectivity index (χ2v) is 6.39. The standard InChI is InChI=1S/C17H14Cl2N4/c1-23-17(15-8-20-9-21-15)13-4-2-3-12(16(13)22-23)11-6-5-10(18)7-14(11)19/h2-7,9,15H,8H2,1H3,(H,20,21). The van der Waals surface area contributed by atoms with Crippen LogP contribution in [0.3, 0.4) is 0 Å². The summed E-state index contributed by atoms with van der Waals surface area (Å²) >= 11 is 12.4. The van der Waals surface area contributed by atoms with Gasteiger partial charge < -0.3 is 5.32 Å². The molecule has 2 aromatic carbocycles. The third-order valence-electron chi connectivity index (χ3n) is 4.12. The lowest BCUT2D eigenvalue weighted by atomic mass is 10.0. The number of rotatable bonds is 2. The summed E-state index contributed by atoms with van der Waals surface area (Å²) in [5, 5.41) is 10.4. The molecule has 0 amide bonds. The largest absolute Gasteiger partial charge is 0.366 e. The van der Waals surface area contributed by atoms with Crippen LogP contribution in [0.5, 0.6) is 0 Å². The van der Waals surface area contributed by atoms with Crippen molar-refractivity contribution in [1.29, 1.82) is 0 Å². The summed E-state index contributed by atoms with van der Waals surface area (Å²) in [4.78, 5) is 4.26. The molecule has 1 aliphatic rings. The van der Waals surface area contributed by atoms with Crippen LogP contribution in [0.15, 0.2) is 41.4 Å². The van der Waals surface area contributed by atoms with Crippen LogP contribution in [0.4, 0.5) is 0 Å². The molecule has 1 aliphatic heterocycles. The number of aromatic nitrogens is 2. The molecule has 23 heavy (non-hydrogen) atoms. The lowest BCUT2D eigenvalue weighted by molar-refractivity contribution is 0.618. The normalized spacial score (nSPS) is 16.9. The molecule has 4 nitrogen and oxygen atoms in total. The van der Waals surface area contributed by atoms with Gasteiger partial charge >= 0.3 is 0 Å². The second kappa shape index (κ2) is 5.55. The average Bonchev–Trinajstić information content (AvgIpc) is 3.13. The zero-order valence-electron chi connectivity index (χ0n) is 12.4. The first-order valence-electron chi connectivity index (χ1n) is 7.30. The van der Waals surface area contributed by atoms with E-state index in [1.54, 1.807) is 12.4 Å². The van der Waals surface area contributed by atoms with Crippen LogP contribution in [0, 0.1) is 0 Å². The number of nitrogens with zero attached hydrogens (tertiary/aromatic N) is 3. The SMILES string of the molecule is Cn1nc2c(-c3ccc(Cl)cc3Cl)cccc2c1C1CN=CN1. The predicted molar refractivity (Wildman–Crippen MR) is 95.4 cm³/mol. The lowest BCUT2D eigenvalue weighted by Gasteiger charge is -2.11. The Morgan fingerprint density at radius 1 is 1.17 bits per heavy atom. The summed E-state index contributed by atoms with van der Waals surface area (Å²) in [6.07, 6.45) is 1.75. The van der Waals surface area contributed by atoms with E-state index in [4.69, 9.17) is 28.3 Å². The molecule has 0 fully saturated rings. The molecule has 6 heteroatoms. The van der Waals surface area contributed by atoms with Crippen molar-refractivity contribution in [3.8, 4) is 11.1 Å². The highest BCUT2D eigenvalue weighted by Gasteiger charge is 2.22. The van der Waals surface area contributed by atoms with Crippen LogP contribution in [-0.2, 0) is 7.05 Å². The van der Waals surface area contributed by atoms with Gasteiger partial charge in [0.2, 0.25) is 0 Å². The monoisotopic (exact) mass is 344 g/mol. The number of hydrogen-bond acceptors (Lipinski definition) is 3. The summed E-state index contributed by atoms with van der Waals surface area (Å²) in [5.41, 5.74) is 4.00. The molecule has 1 N–H and O–H groups in total. The minimum Gasteiger partial charge on any atom is -0.366 e. The lowest BCUT2D eigenvalue weighted by Crippen LogP contribution is -2.18. The van der Waals surface area contributed by atoms with Crippen LogP contribution in [0.25, 0.3) is 22.0 Å². The Kier molecular flexibility index (Phi) is 3.51. The first-order valence-corrected chi connectivity index (χ1v) is 8.06. The van der Waals surface area contributed by atoms with Gasteiger partial charge in [0.15, 0.2) is 0 Å². The molecule has 3 aromatic rings. The van der Waals surface area contributed by atoms with E-state index in [2.05, 4.69) is 16.4 Å². The van der Waals surface area contributed by atoms with Crippen LogP contribution in [0.1, 0.15) is 11.7 Å². The number of halogens is 2. The molecule has 116 valence electrons. The fourth-order valence-corrected chi connectivity index (χ4v) is 3.60. The van der Waals surface area contributed by atoms with Crippen molar-refractivity contribution < 1.29 is 0 Å². The van der Waals surface area contributed by atoms with E-state index < -0.39 is 0 Å². The predicted octanol–water partition coefficient (Wildman–Crippen LogP) is 4.22. The third-order valence-corrected chi connectivity index (χ3v) is 4.66. The van der Waals surface area contributed by atoms with Gasteiger partial charge in [-0.05, 0) is 12.1 Å². The number of aryl methyl sites for hydroxylation is 1. The fraction of sp³-hybridized carbons (Fsp3) is 0.176. The smallest absolute Gasteiger partial charge is 0.101 e. The van der Waals surface area contributed by atoms with Gasteiger partial charge in [0.05, 0.1) is 24.6 Å². The molecule has 0 bridgehead atoms. The van der Waals surface area contributed by atoms with Crippen molar-refractivity contribution in [2.24, 2.45) is 12.0 Å². The minimum absolute atomic E-state index is 0.154. The van der Waals surface area contributed by atoms with Crippen LogP contribution < -0.4 is 5.32 Å². The van der Waals surface area contributed by atoms with E-state index in [1.807, 2.05) is 36.0 Å². The van der Waals surface area contributed by atoms with Crippen molar-refractivity contribution in [2.45, 2.75) is 6.04 Å². The third kappa shape index (κ3) is 2.38. The molecule has 0 spiro atoms. The molecule has 4 rings (SSSR count). The van der Waals surface area contributed by atoms with Crippen LogP contribution >= 0.6 is 23.2 Å². The van der Waals surface area contributed by atoms with Crippen molar-refractivity contribution >= 4 is 40.4 Å². The van der Waals surface area contributed by atoms with E-state index >= 15 is 0 Å². The van der Waals surface area contributed by atoms with E-state index in [0.29, 0.717) is 10.0 Å². The number of nitrogens with one attached hydrogen (secondary N) is 1. The summed E-state index contributed by atoms with van der Waals surface area (Å²) in [7, 11) is 1.96. The number of hydrogen-bond donors (Lipinski definition) is 1. The molecule has 0 aliphatic carbocycles. The van der Waals surface area contributed by atoms with Crippen LogP contribution in [0.2, 0.25) is 10.0 Å². The van der Waals surface area contributed by atoms with Crippen molar-refractivity contribution in [3.63, 3.8) is 0 Å². The molecule has 0 saturated heterocycles. The molecular formula is C17H14Cl2N4. The summed E-state index contributed by atoms with van der Waals surface area (Å²) in [6, 6.07) is 11.8. The van der Waals surface area contributed by atoms with Gasteiger partial charge in [0, 0.05) is 33.6 Å². The van der Waals surface area contributed by atoms with Gasteiger partial charge in [-0.15, -0.1) is 0 Å². The summed E-state index contributed by atoms with van der Waals surface area (Å²) in [5.74, 6) is 0. The highest BCUT2D eigenvalue weighted by Crippen LogP contribution is 2.36. The fourth-order valence-electron chi connectivity index (χ4n) is 3.09. The average molecular weight is 345 g/mol. The summed E-state index contributed by atoms with van der Waals surface area (Å²) in [6.45, 7) is 0.723. The highest BCUT2D eigenvalue weighted by molar-refractivity contribution is 6.36. The Morgan fingerprint density at radius 3 is 2.78 bits per heavy atom. The summed E-state index contributed by atoms with van der Waals surface area (Å²) < 4.78 is 1.92. The molecule has 1 aromatic heterocycles. The second-order valence-electron chi connectivity index (χ2n) is 5.55. The van der Waals surface area contributed by atoms with Crippen molar-refractivity contribution in [2.75, 3.05) is 6.54 Å². The Hall–Kier alpha value is -2.04. The molecular weight excluding hydrogens is 331 g/mol. The van der Waals surface area contributed by atoms with E-state index in [1.165, 1.54) is 0 Å². The topological polar surface area (TPSA) is 42.2 Å². The van der Waals surface area contributed by atoms with Crippen LogP contribution in [-0.4, -0.2) is 22.7 Å². The maximum Gasteiger partial charge on any atom is 0.101 e. The zero-order valence-corrected chi connectivity index (χ0v) is 13.9. The first-order chi connectivity index (χ1) is 11.1. The van der Waals surface area contributed by atoms with Crippen molar-refractivity contribution in [1.82, 2.24) is 15.1 Å². The van der Waals surface area contributed by atoms with Crippen molar-refractivity contribution in [3.05, 3.63) is 52.1 Å². The number of fused-ring (bicyclic) bond motifs is 1. The van der Waals surface area contributed by atoms with E-state index in [9.17, 15) is 0 Å². The van der Waals surface area contributed by atoms with Gasteiger partial charge in [0.1, 0.15) is 5.52 Å². The van der Waals surface area contributed by atoms with Gasteiger partial charge in [-0.25, -0.2) is 0 Å². The molecule has 0 radical (unpaired) electrons. The quantitative estimate of drug-likeness (QED) is 0.756. The molecule has 1 unspecified atom stereocenters. The first kappa shape index (κ1) is 14.5. The van der Waals surface area contributed by atoms with Gasteiger partial charge in [0.25, 0.3) is 0 Å². The van der Waals surface area contributed by atoms with Gasteiger partial charge in [-0.3, -0.25) is 9.67 Å². The Bertz CT molecular complexity index is 922. The van der Waals surface area contributed by atoms with Gasteiger partial charge in [-0.2, -0.15) is 5.10 Å². The number of aliphatic imine (C=N–C) groups is 1. The number of benzene rings is 2. The Balaban J connectivity index is 1.93. The maximum atomic E-state index is 6.39.